The van der Waals surface area contributed by atoms with Crippen molar-refractivity contribution in [2.24, 2.45) is 0 Å². The van der Waals surface area contributed by atoms with Crippen molar-refractivity contribution >= 4 is 11.9 Å². The van der Waals surface area contributed by atoms with E-state index in [0.717, 1.165) is 4.90 Å². The number of benzene rings is 1. The van der Waals surface area contributed by atoms with Gasteiger partial charge in [0.15, 0.2) is 17.1 Å². The lowest BCUT2D eigenvalue weighted by Gasteiger charge is -2.20. The molecule has 7 heteroatoms. The molecular formula is C17H16FN3O3. The standard InChI is InChI=1S/C17H16FN3O3/c1-17(14-8-4-5-9-19-14)15(22)21(16(23)20-17)10-11-24-13-7-3-2-6-12(13)18/h2-9H,10-11H2,1H3,(H,20,23). The van der Waals surface area contributed by atoms with E-state index in [4.69, 9.17) is 4.74 Å². The number of nitrogens with zero attached hydrogens (tertiary/aromatic N) is 2. The molecule has 6 nitrogen and oxygen atoms in total. The lowest BCUT2D eigenvalue weighted by molar-refractivity contribution is -0.131. The predicted molar refractivity (Wildman–Crippen MR) is 83.7 cm³/mol. The van der Waals surface area contributed by atoms with Gasteiger partial charge in [0.2, 0.25) is 0 Å². The lowest BCUT2D eigenvalue weighted by atomic mass is 9.97. The van der Waals surface area contributed by atoms with Gasteiger partial charge >= 0.3 is 6.03 Å². The van der Waals surface area contributed by atoms with Gasteiger partial charge in [-0.05, 0) is 31.2 Å². The average Bonchev–Trinajstić information content (AvgIpc) is 2.81. The van der Waals surface area contributed by atoms with Gasteiger partial charge in [-0.3, -0.25) is 14.7 Å². The number of carbonyl (C=O) groups is 2. The molecule has 0 spiro atoms. The van der Waals surface area contributed by atoms with Gasteiger partial charge in [0.05, 0.1) is 12.2 Å². The molecule has 1 saturated heterocycles. The Morgan fingerprint density at radius 2 is 1.96 bits per heavy atom. The monoisotopic (exact) mass is 329 g/mol. The lowest BCUT2D eigenvalue weighted by Crippen LogP contribution is -2.42. The van der Waals surface area contributed by atoms with Crippen LogP contribution in [0.3, 0.4) is 0 Å². The fourth-order valence-corrected chi connectivity index (χ4v) is 2.54. The summed E-state index contributed by atoms with van der Waals surface area (Å²) in [5.41, 5.74) is -0.753. The first kappa shape index (κ1) is 15.9. The number of carbonyl (C=O) groups excluding carboxylic acids is 2. The summed E-state index contributed by atoms with van der Waals surface area (Å²) in [6, 6.07) is 10.6. The molecule has 3 rings (SSSR count). The Morgan fingerprint density at radius 3 is 2.67 bits per heavy atom. The second kappa shape index (κ2) is 6.27. The van der Waals surface area contributed by atoms with E-state index in [-0.39, 0.29) is 18.9 Å². The van der Waals surface area contributed by atoms with Crippen LogP contribution in [0.4, 0.5) is 9.18 Å². The fraction of sp³-hybridized carbons (Fsp3) is 0.235. The number of nitrogens with one attached hydrogen (secondary N) is 1. The molecule has 1 N–H and O–H groups in total. The number of hydrogen-bond acceptors (Lipinski definition) is 4. The van der Waals surface area contributed by atoms with E-state index in [9.17, 15) is 14.0 Å². The third-order valence-electron chi connectivity index (χ3n) is 3.86. The molecule has 2 heterocycles. The smallest absolute Gasteiger partial charge is 0.325 e. The molecule has 1 atom stereocenters. The molecule has 1 fully saturated rings. The van der Waals surface area contributed by atoms with Gasteiger partial charge in [-0.25, -0.2) is 9.18 Å². The zero-order valence-electron chi connectivity index (χ0n) is 13.0. The van der Waals surface area contributed by atoms with E-state index in [1.165, 1.54) is 12.1 Å². The Kier molecular flexibility index (Phi) is 4.16. The van der Waals surface area contributed by atoms with Crippen molar-refractivity contribution in [2.45, 2.75) is 12.5 Å². The molecule has 0 aliphatic carbocycles. The average molecular weight is 329 g/mol. The molecular weight excluding hydrogens is 313 g/mol. The molecule has 1 aromatic carbocycles. The van der Waals surface area contributed by atoms with Crippen molar-refractivity contribution in [1.29, 1.82) is 0 Å². The number of hydrogen-bond donors (Lipinski definition) is 1. The highest BCUT2D eigenvalue weighted by atomic mass is 19.1. The van der Waals surface area contributed by atoms with E-state index >= 15 is 0 Å². The van der Waals surface area contributed by atoms with Crippen molar-refractivity contribution in [3.05, 3.63) is 60.2 Å². The number of rotatable bonds is 5. The first-order chi connectivity index (χ1) is 11.5. The van der Waals surface area contributed by atoms with E-state index in [1.807, 2.05) is 0 Å². The summed E-state index contributed by atoms with van der Waals surface area (Å²) in [7, 11) is 0. The molecule has 0 bridgehead atoms. The first-order valence-corrected chi connectivity index (χ1v) is 7.45. The SMILES string of the molecule is CC1(c2ccccn2)NC(=O)N(CCOc2ccccc2F)C1=O. The van der Waals surface area contributed by atoms with E-state index in [0.29, 0.717) is 5.69 Å². The van der Waals surface area contributed by atoms with Gasteiger partial charge in [0, 0.05) is 6.20 Å². The summed E-state index contributed by atoms with van der Waals surface area (Å²) in [6.07, 6.45) is 1.56. The number of halogens is 1. The molecule has 3 amide bonds. The maximum Gasteiger partial charge on any atom is 0.325 e. The van der Waals surface area contributed by atoms with Crippen LogP contribution in [0.25, 0.3) is 0 Å². The van der Waals surface area contributed by atoms with Gasteiger partial charge in [-0.15, -0.1) is 0 Å². The highest BCUT2D eigenvalue weighted by molar-refractivity contribution is 6.06. The van der Waals surface area contributed by atoms with Crippen molar-refractivity contribution < 1.29 is 18.7 Å². The highest BCUT2D eigenvalue weighted by Gasteiger charge is 2.49. The Bertz CT molecular complexity index is 769. The maximum atomic E-state index is 13.5. The summed E-state index contributed by atoms with van der Waals surface area (Å²) in [6.45, 7) is 1.62. The number of para-hydroxylation sites is 1. The zero-order valence-corrected chi connectivity index (χ0v) is 13.0. The Labute approximate surface area is 138 Å². The summed E-state index contributed by atoms with van der Waals surface area (Å²) in [5, 5.41) is 2.65. The minimum atomic E-state index is -1.21. The van der Waals surface area contributed by atoms with Gasteiger partial charge in [-0.1, -0.05) is 18.2 Å². The number of imide groups is 1. The van der Waals surface area contributed by atoms with Crippen LogP contribution in [0.2, 0.25) is 0 Å². The summed E-state index contributed by atoms with van der Waals surface area (Å²) in [5.74, 6) is -0.826. The van der Waals surface area contributed by atoms with Crippen LogP contribution >= 0.6 is 0 Å². The third-order valence-corrected chi connectivity index (χ3v) is 3.86. The van der Waals surface area contributed by atoms with Crippen LogP contribution in [-0.4, -0.2) is 35.0 Å². The van der Waals surface area contributed by atoms with Gasteiger partial charge in [-0.2, -0.15) is 0 Å². The van der Waals surface area contributed by atoms with Gasteiger partial charge in [0.1, 0.15) is 6.61 Å². The number of urea groups is 1. The molecule has 24 heavy (non-hydrogen) atoms. The van der Waals surface area contributed by atoms with Crippen LogP contribution in [0, 0.1) is 5.82 Å². The van der Waals surface area contributed by atoms with Crippen molar-refractivity contribution in [1.82, 2.24) is 15.2 Å². The summed E-state index contributed by atoms with van der Waals surface area (Å²) >= 11 is 0. The fourth-order valence-electron chi connectivity index (χ4n) is 2.54. The zero-order chi connectivity index (χ0) is 17.2. The number of aromatic nitrogens is 1. The number of amides is 3. The van der Waals surface area contributed by atoms with Crippen LogP contribution in [0.5, 0.6) is 5.75 Å². The minimum Gasteiger partial charge on any atom is -0.489 e. The third kappa shape index (κ3) is 2.80. The topological polar surface area (TPSA) is 71.5 Å². The van der Waals surface area contributed by atoms with Crippen LogP contribution in [-0.2, 0) is 10.3 Å². The van der Waals surface area contributed by atoms with Crippen LogP contribution in [0.15, 0.2) is 48.7 Å². The van der Waals surface area contributed by atoms with Crippen molar-refractivity contribution in [2.75, 3.05) is 13.2 Å². The summed E-state index contributed by atoms with van der Waals surface area (Å²) < 4.78 is 18.8. The molecule has 0 radical (unpaired) electrons. The molecule has 2 aromatic rings. The number of ether oxygens (including phenoxy) is 1. The minimum absolute atomic E-state index is 0.00160. The second-order valence-corrected chi connectivity index (χ2v) is 5.51. The molecule has 1 aliphatic heterocycles. The van der Waals surface area contributed by atoms with E-state index < -0.39 is 23.3 Å². The Hall–Kier alpha value is -2.96. The molecule has 124 valence electrons. The predicted octanol–water partition coefficient (Wildman–Crippen LogP) is 2.07. The molecule has 1 aromatic heterocycles. The van der Waals surface area contributed by atoms with E-state index in [2.05, 4.69) is 10.3 Å². The van der Waals surface area contributed by atoms with E-state index in [1.54, 1.807) is 43.5 Å². The van der Waals surface area contributed by atoms with Gasteiger partial charge < -0.3 is 10.1 Å². The second-order valence-electron chi connectivity index (χ2n) is 5.51. The normalized spacial score (nSPS) is 20.2. The Morgan fingerprint density at radius 1 is 1.21 bits per heavy atom. The Balaban J connectivity index is 1.68. The first-order valence-electron chi connectivity index (χ1n) is 7.45. The molecule has 0 saturated carbocycles. The molecule has 1 aliphatic rings. The van der Waals surface area contributed by atoms with Gasteiger partial charge in [0.25, 0.3) is 5.91 Å². The largest absolute Gasteiger partial charge is 0.489 e. The quantitative estimate of drug-likeness (QED) is 0.853. The van der Waals surface area contributed by atoms with Crippen LogP contribution in [0.1, 0.15) is 12.6 Å². The number of pyridine rings is 1. The maximum absolute atomic E-state index is 13.5. The van der Waals surface area contributed by atoms with Crippen LogP contribution < -0.4 is 10.1 Å². The van der Waals surface area contributed by atoms with Crippen molar-refractivity contribution in [3.63, 3.8) is 0 Å². The molecule has 1 unspecified atom stereocenters. The summed E-state index contributed by atoms with van der Waals surface area (Å²) in [4.78, 5) is 29.9. The highest BCUT2D eigenvalue weighted by Crippen LogP contribution is 2.27. The van der Waals surface area contributed by atoms with Crippen molar-refractivity contribution in [3.8, 4) is 5.75 Å².